The van der Waals surface area contributed by atoms with Crippen LogP contribution in [-0.2, 0) is 33.2 Å². The van der Waals surface area contributed by atoms with Crippen molar-refractivity contribution in [1.29, 1.82) is 0 Å². The first-order valence-corrected chi connectivity index (χ1v) is 40.2. The molecule has 3 saturated heterocycles. The molecule has 12 N–H and O–H groups in total. The Bertz CT molecular complexity index is 2090. The van der Waals surface area contributed by atoms with Crippen LogP contribution in [0, 0.1) is 0 Å². The maximum Gasteiger partial charge on any atom is 0.220 e. The van der Waals surface area contributed by atoms with Crippen LogP contribution < -0.4 is 5.32 Å². The third kappa shape index (κ3) is 41.2. The van der Waals surface area contributed by atoms with Gasteiger partial charge < -0.3 is 89.9 Å². The highest BCUT2D eigenvalue weighted by Gasteiger charge is 2.54. The number of unbranched alkanes of at least 4 members (excludes halogenated alkanes) is 37. The quantitative estimate of drug-likeness (QED) is 0.0199. The second-order valence-electron chi connectivity index (χ2n) is 28.5. The molecule has 0 spiro atoms. The number of ether oxygens (including phenoxy) is 6. The fourth-order valence-corrected chi connectivity index (χ4v) is 13.3. The summed E-state index contributed by atoms with van der Waals surface area (Å²) >= 11 is 0. The fraction of sp³-hybridized carbons (Fsp3) is 0.840. The third-order valence-corrected chi connectivity index (χ3v) is 19.8. The molecule has 3 fully saturated rings. The topological polar surface area (TPSA) is 307 Å². The summed E-state index contributed by atoms with van der Waals surface area (Å²) < 4.78 is 34.5. The first-order chi connectivity index (χ1) is 48.8. The van der Waals surface area contributed by atoms with E-state index in [2.05, 4.69) is 79.9 Å². The minimum Gasteiger partial charge on any atom is -0.394 e. The average Bonchev–Trinajstić information content (AvgIpc) is 0.783. The van der Waals surface area contributed by atoms with Crippen molar-refractivity contribution in [3.05, 3.63) is 72.9 Å². The average molecular weight is 1420 g/mol. The van der Waals surface area contributed by atoms with Crippen LogP contribution in [0.1, 0.15) is 303 Å². The van der Waals surface area contributed by atoms with Gasteiger partial charge in [-0.3, -0.25) is 4.79 Å². The van der Waals surface area contributed by atoms with Crippen molar-refractivity contribution < 1.29 is 89.4 Å². The summed E-state index contributed by atoms with van der Waals surface area (Å²) in [5.41, 5.74) is 0. The van der Waals surface area contributed by atoms with Gasteiger partial charge in [0.2, 0.25) is 5.91 Å². The van der Waals surface area contributed by atoms with Crippen LogP contribution >= 0.6 is 0 Å². The second kappa shape index (κ2) is 61.4. The van der Waals surface area contributed by atoms with E-state index in [1.165, 1.54) is 186 Å². The molecule has 0 aromatic carbocycles. The lowest BCUT2D eigenvalue weighted by Crippen LogP contribution is -2.66. The monoisotopic (exact) mass is 1420 g/mol. The number of nitrogens with one attached hydrogen (secondary N) is 1. The highest BCUT2D eigenvalue weighted by atomic mass is 16.8. The summed E-state index contributed by atoms with van der Waals surface area (Å²) in [4.78, 5) is 13.5. The molecule has 3 aliphatic rings. The molecule has 100 heavy (non-hydrogen) atoms. The van der Waals surface area contributed by atoms with Crippen LogP contribution in [-0.4, -0.2) is 193 Å². The molecule has 3 aliphatic heterocycles. The molecule has 582 valence electrons. The van der Waals surface area contributed by atoms with E-state index in [9.17, 15) is 61.0 Å². The molecule has 19 heteroatoms. The van der Waals surface area contributed by atoms with Crippen molar-refractivity contribution in [2.75, 3.05) is 26.4 Å². The fourth-order valence-electron chi connectivity index (χ4n) is 13.3. The van der Waals surface area contributed by atoms with Crippen LogP contribution in [0.15, 0.2) is 72.9 Å². The summed E-state index contributed by atoms with van der Waals surface area (Å²) in [6.07, 6.45) is 53.1. The lowest BCUT2D eigenvalue weighted by molar-refractivity contribution is -0.379. The molecule has 0 bridgehead atoms. The third-order valence-electron chi connectivity index (χ3n) is 19.8. The van der Waals surface area contributed by atoms with E-state index >= 15 is 0 Å². The molecule has 3 heterocycles. The molecule has 0 aliphatic carbocycles. The number of aliphatic hydroxyl groups excluding tert-OH is 11. The first kappa shape index (κ1) is 91.4. The maximum atomic E-state index is 13.5. The van der Waals surface area contributed by atoms with E-state index in [4.69, 9.17) is 28.4 Å². The summed E-state index contributed by atoms with van der Waals surface area (Å²) in [7, 11) is 0. The molecule has 0 aromatic heterocycles. The molecule has 0 aromatic rings. The van der Waals surface area contributed by atoms with Gasteiger partial charge in [0.05, 0.1) is 38.6 Å². The number of amides is 1. The molecule has 17 atom stereocenters. The van der Waals surface area contributed by atoms with Gasteiger partial charge in [-0.1, -0.05) is 305 Å². The zero-order valence-corrected chi connectivity index (χ0v) is 62.2. The number of hydrogen-bond donors (Lipinski definition) is 12. The zero-order chi connectivity index (χ0) is 72.5. The van der Waals surface area contributed by atoms with E-state index in [1.54, 1.807) is 6.08 Å². The van der Waals surface area contributed by atoms with Crippen molar-refractivity contribution in [1.82, 2.24) is 5.32 Å². The Balaban J connectivity index is 1.38. The van der Waals surface area contributed by atoms with Crippen LogP contribution in [0.4, 0.5) is 0 Å². The van der Waals surface area contributed by atoms with Crippen molar-refractivity contribution in [2.45, 2.75) is 407 Å². The maximum absolute atomic E-state index is 13.5. The van der Waals surface area contributed by atoms with Gasteiger partial charge in [0, 0.05) is 6.42 Å². The van der Waals surface area contributed by atoms with Gasteiger partial charge >= 0.3 is 0 Å². The lowest BCUT2D eigenvalue weighted by Gasteiger charge is -2.48. The summed E-state index contributed by atoms with van der Waals surface area (Å²) in [5.74, 6) is -0.281. The zero-order valence-electron chi connectivity index (χ0n) is 62.2. The van der Waals surface area contributed by atoms with Gasteiger partial charge in [0.1, 0.15) is 73.2 Å². The second-order valence-corrected chi connectivity index (χ2v) is 28.5. The van der Waals surface area contributed by atoms with E-state index in [1.807, 2.05) is 6.08 Å². The van der Waals surface area contributed by atoms with Crippen molar-refractivity contribution in [3.63, 3.8) is 0 Å². The molecule has 3 rings (SSSR count). The Morgan fingerprint density at radius 3 is 1.08 bits per heavy atom. The number of carbonyl (C=O) groups excluding carboxylic acids is 1. The van der Waals surface area contributed by atoms with Crippen LogP contribution in [0.5, 0.6) is 0 Å². The molecule has 1 amide bonds. The summed E-state index contributed by atoms with van der Waals surface area (Å²) in [6, 6.07) is -0.983. The van der Waals surface area contributed by atoms with Crippen LogP contribution in [0.25, 0.3) is 0 Å². The van der Waals surface area contributed by atoms with Gasteiger partial charge in [-0.05, 0) is 64.2 Å². The number of aliphatic hydroxyl groups is 11. The molecular formula is C81H145NO18. The molecule has 19 nitrogen and oxygen atoms in total. The number of carbonyl (C=O) groups is 1. The smallest absolute Gasteiger partial charge is 0.220 e. The Labute approximate surface area is 604 Å². The van der Waals surface area contributed by atoms with Gasteiger partial charge in [0.25, 0.3) is 0 Å². The SMILES string of the molecule is CC/C=C\C/C=C\C/C=C\C/C=C\C/C=C\CCCCCCCCCCCC(=O)NC(COC1OC(CO)C(OC2OC(CO)C(OC3OC(CO)C(O)C(O)C3O)C(O)C2O)C(O)C1O)C(O)/C=C/CCCCCCCCCCCCCCCCCCCCCCCCCCCCCC. The summed E-state index contributed by atoms with van der Waals surface area (Å²) in [6.45, 7) is 1.65. The first-order valence-electron chi connectivity index (χ1n) is 40.2. The van der Waals surface area contributed by atoms with E-state index < -0.39 is 124 Å². The predicted molar refractivity (Wildman–Crippen MR) is 397 cm³/mol. The van der Waals surface area contributed by atoms with Crippen LogP contribution in [0.2, 0.25) is 0 Å². The number of rotatable bonds is 63. The van der Waals surface area contributed by atoms with Gasteiger partial charge in [-0.2, -0.15) is 0 Å². The number of allylic oxidation sites excluding steroid dienone is 11. The standard InChI is InChI=1S/C81H145NO18/c1-3-5-7-9-11-13-15-17-19-21-23-25-27-29-30-31-32-33-35-36-38-40-42-44-46-48-50-52-54-56-58-65(86)64(82-69(87)59-57-55-53-51-49-47-45-43-41-39-37-34-28-26-24-22-20-18-16-14-12-10-8-6-4-2)63-95-79-75(93)72(90)77(67(61-84)97-79)100-81-76(94)73(91)78(68(62-85)98-81)99-80-74(92)71(89)70(88)66(60-83)96-80/h6,8,12,14,18,20,24,26,34,37,56,58,64-68,70-81,83-86,88-94H,3-5,7,9-11,13,15-17,19,21-23,25,27-33,35-36,38-55,57,59-63H2,1-2H3,(H,82,87)/b8-6-,14-12-,20-18-,26-24-,37-34-,58-56+. The van der Waals surface area contributed by atoms with Crippen molar-refractivity contribution in [3.8, 4) is 0 Å². The predicted octanol–water partition coefficient (Wildman–Crippen LogP) is 13.2. The largest absolute Gasteiger partial charge is 0.394 e. The van der Waals surface area contributed by atoms with E-state index in [0.29, 0.717) is 6.42 Å². The van der Waals surface area contributed by atoms with E-state index in [-0.39, 0.29) is 18.9 Å². The highest BCUT2D eigenvalue weighted by Crippen LogP contribution is 2.33. The minimum atomic E-state index is -1.98. The minimum absolute atomic E-state index is 0.233. The van der Waals surface area contributed by atoms with Gasteiger partial charge in [-0.15, -0.1) is 0 Å². The number of hydrogen-bond acceptors (Lipinski definition) is 18. The molecule has 0 radical (unpaired) electrons. The van der Waals surface area contributed by atoms with Crippen molar-refractivity contribution >= 4 is 5.91 Å². The lowest BCUT2D eigenvalue weighted by atomic mass is 9.96. The molecular weight excluding hydrogens is 1270 g/mol. The van der Waals surface area contributed by atoms with Crippen molar-refractivity contribution in [2.24, 2.45) is 0 Å². The normalized spacial score (nSPS) is 26.8. The summed E-state index contributed by atoms with van der Waals surface area (Å²) in [5, 5.41) is 121. The Morgan fingerprint density at radius 2 is 0.690 bits per heavy atom. The highest BCUT2D eigenvalue weighted by molar-refractivity contribution is 5.76. The van der Waals surface area contributed by atoms with Gasteiger partial charge in [-0.25, -0.2) is 0 Å². The molecule has 17 unspecified atom stereocenters. The Hall–Kier alpha value is -2.77. The van der Waals surface area contributed by atoms with Crippen LogP contribution in [0.3, 0.4) is 0 Å². The Kier molecular flexibility index (Phi) is 56.1. The van der Waals surface area contributed by atoms with Gasteiger partial charge in [0.15, 0.2) is 18.9 Å². The van der Waals surface area contributed by atoms with E-state index in [0.717, 1.165) is 89.9 Å². The Morgan fingerprint density at radius 1 is 0.370 bits per heavy atom. The molecule has 0 saturated carbocycles.